The zero-order valence-electron chi connectivity index (χ0n) is 17.4. The Hall–Kier alpha value is 0.274. The van der Waals surface area contributed by atoms with Crippen LogP contribution in [0, 0.1) is 0 Å². The lowest BCUT2D eigenvalue weighted by atomic mass is 10.4. The third-order valence-corrected chi connectivity index (χ3v) is 9.24. The van der Waals surface area contributed by atoms with Crippen molar-refractivity contribution >= 4 is 19.0 Å². The Morgan fingerprint density at radius 1 is 0.520 bits per heavy atom. The Labute approximate surface area is 161 Å². The summed E-state index contributed by atoms with van der Waals surface area (Å²) < 4.78 is 24.0. The number of hydrogen-bond donors (Lipinski definition) is 0. The van der Waals surface area contributed by atoms with Crippen LogP contribution in [-0.2, 0) is 18.9 Å². The second-order valence-electron chi connectivity index (χ2n) is 6.69. The van der Waals surface area contributed by atoms with Crippen molar-refractivity contribution < 1.29 is 18.9 Å². The molecule has 0 aromatic rings. The lowest BCUT2D eigenvalue weighted by Gasteiger charge is -2.21. The number of ether oxygens (including phenoxy) is 4. The fourth-order valence-electron chi connectivity index (χ4n) is 2.32. The zero-order chi connectivity index (χ0) is 18.6. The van der Waals surface area contributed by atoms with Gasteiger partial charge in [0.2, 0.25) is 0 Å². The molecule has 0 saturated heterocycles. The summed E-state index contributed by atoms with van der Waals surface area (Å²) in [5, 5.41) is 0. The second kappa shape index (κ2) is 20.6. The normalized spacial score (nSPS) is 12.7. The molecule has 0 aromatic heterocycles. The van der Waals surface area contributed by atoms with E-state index < -0.39 is 0 Å². The second-order valence-corrected chi connectivity index (χ2v) is 12.0. The maximum Gasteiger partial charge on any atom is 0.134 e. The summed E-state index contributed by atoms with van der Waals surface area (Å²) in [4.78, 5) is 0. The van der Waals surface area contributed by atoms with Gasteiger partial charge >= 0.3 is 0 Å². The van der Waals surface area contributed by atoms with Crippen LogP contribution in [0.2, 0.25) is 5.67 Å². The zero-order valence-corrected chi connectivity index (χ0v) is 20.2. The van der Waals surface area contributed by atoms with E-state index in [2.05, 4.69) is 27.7 Å². The summed E-state index contributed by atoms with van der Waals surface area (Å²) in [6.45, 7) is 12.2. The number of rotatable bonds is 20. The van der Waals surface area contributed by atoms with Gasteiger partial charge in [-0.2, -0.15) is 0 Å². The van der Waals surface area contributed by atoms with Gasteiger partial charge in [0.25, 0.3) is 0 Å². The molecule has 0 heterocycles. The molecule has 0 aliphatic carbocycles. The van der Waals surface area contributed by atoms with Crippen LogP contribution in [0.1, 0.15) is 79.1 Å². The summed E-state index contributed by atoms with van der Waals surface area (Å²) in [7, 11) is -0.746. The van der Waals surface area contributed by atoms with E-state index in [0.717, 1.165) is 52.1 Å². The van der Waals surface area contributed by atoms with E-state index in [-0.39, 0.29) is 30.9 Å². The standard InChI is InChI=1S/C19H44O4Si2/c1-5-9-13-20-18(21-14-10-6-2)24-17-25-19(22-15-11-7-3)23-16-12-8-4/h18-19H,5-17,24-25H2,1-4H3. The van der Waals surface area contributed by atoms with Crippen molar-refractivity contribution in [2.75, 3.05) is 26.4 Å². The molecule has 6 heteroatoms. The van der Waals surface area contributed by atoms with Gasteiger partial charge in [-0.1, -0.05) is 59.0 Å². The van der Waals surface area contributed by atoms with E-state index in [9.17, 15) is 0 Å². The van der Waals surface area contributed by atoms with Crippen LogP contribution in [0.4, 0.5) is 0 Å². The van der Waals surface area contributed by atoms with Gasteiger partial charge in [-0.25, -0.2) is 0 Å². The van der Waals surface area contributed by atoms with Crippen molar-refractivity contribution in [1.82, 2.24) is 0 Å². The molecule has 0 N–H and O–H groups in total. The Morgan fingerprint density at radius 2 is 0.800 bits per heavy atom. The Morgan fingerprint density at radius 3 is 1.04 bits per heavy atom. The highest BCUT2D eigenvalue weighted by Crippen LogP contribution is 2.05. The lowest BCUT2D eigenvalue weighted by molar-refractivity contribution is -0.0938. The third kappa shape index (κ3) is 17.4. The van der Waals surface area contributed by atoms with Gasteiger partial charge in [0.1, 0.15) is 11.8 Å². The fraction of sp³-hybridized carbons (Fsp3) is 1.00. The number of hydrogen-bond acceptors (Lipinski definition) is 4. The predicted octanol–water partition coefficient (Wildman–Crippen LogP) is 3.53. The van der Waals surface area contributed by atoms with Crippen LogP contribution >= 0.6 is 0 Å². The highest BCUT2D eigenvalue weighted by Gasteiger charge is 2.14. The van der Waals surface area contributed by atoms with E-state index in [1.807, 2.05) is 0 Å². The summed E-state index contributed by atoms with van der Waals surface area (Å²) in [6.07, 6.45) is 9.22. The van der Waals surface area contributed by atoms with Gasteiger partial charge < -0.3 is 18.9 Å². The van der Waals surface area contributed by atoms with Crippen LogP contribution in [0.3, 0.4) is 0 Å². The largest absolute Gasteiger partial charge is 0.357 e. The van der Waals surface area contributed by atoms with Crippen molar-refractivity contribution in [3.8, 4) is 0 Å². The van der Waals surface area contributed by atoms with E-state index in [1.165, 1.54) is 31.4 Å². The molecule has 0 atom stereocenters. The first kappa shape index (κ1) is 25.3. The minimum atomic E-state index is -0.373. The quantitative estimate of drug-likeness (QED) is 0.180. The summed E-state index contributed by atoms with van der Waals surface area (Å²) in [6, 6.07) is 0. The van der Waals surface area contributed by atoms with E-state index in [4.69, 9.17) is 18.9 Å². The summed E-state index contributed by atoms with van der Waals surface area (Å²) in [5.74, 6) is 0.190. The molecule has 4 nitrogen and oxygen atoms in total. The van der Waals surface area contributed by atoms with E-state index in [1.54, 1.807) is 0 Å². The highest BCUT2D eigenvalue weighted by atomic mass is 28.3. The third-order valence-electron chi connectivity index (χ3n) is 4.09. The molecular weight excluding hydrogens is 348 g/mol. The first-order valence-electron chi connectivity index (χ1n) is 10.7. The Kier molecular flexibility index (Phi) is 20.8. The predicted molar refractivity (Wildman–Crippen MR) is 113 cm³/mol. The monoisotopic (exact) mass is 392 g/mol. The van der Waals surface area contributed by atoms with Crippen LogP contribution in [-0.4, -0.2) is 57.3 Å². The Balaban J connectivity index is 4.13. The minimum absolute atomic E-state index is 0.0949. The molecule has 0 saturated carbocycles. The van der Waals surface area contributed by atoms with E-state index in [0.29, 0.717) is 0 Å². The van der Waals surface area contributed by atoms with Gasteiger partial charge in [0.15, 0.2) is 0 Å². The molecule has 0 aromatic carbocycles. The smallest absolute Gasteiger partial charge is 0.134 e. The van der Waals surface area contributed by atoms with Gasteiger partial charge in [0.05, 0.1) is 19.0 Å². The van der Waals surface area contributed by atoms with Gasteiger partial charge in [-0.15, -0.1) is 0 Å². The lowest BCUT2D eigenvalue weighted by Crippen LogP contribution is -2.31. The molecule has 0 amide bonds. The van der Waals surface area contributed by atoms with Gasteiger partial charge in [-0.05, 0) is 25.7 Å². The molecule has 0 unspecified atom stereocenters. The van der Waals surface area contributed by atoms with Crippen LogP contribution in [0.15, 0.2) is 0 Å². The van der Waals surface area contributed by atoms with Crippen LogP contribution in [0.25, 0.3) is 0 Å². The average molecular weight is 393 g/mol. The molecule has 0 aliphatic heterocycles. The molecule has 0 bridgehead atoms. The average Bonchev–Trinajstić information content (AvgIpc) is 2.61. The molecule has 152 valence electrons. The van der Waals surface area contributed by atoms with Gasteiger partial charge in [-0.3, -0.25) is 0 Å². The van der Waals surface area contributed by atoms with Crippen molar-refractivity contribution in [3.05, 3.63) is 0 Å². The van der Waals surface area contributed by atoms with E-state index >= 15 is 0 Å². The SMILES string of the molecule is CCCCOC(OCCCC)[SiH2]C[SiH2]C(OCCCC)OCCCC. The molecule has 0 radical (unpaired) electrons. The molecule has 0 spiro atoms. The minimum Gasteiger partial charge on any atom is -0.357 e. The maximum atomic E-state index is 5.99. The first-order chi connectivity index (χ1) is 12.3. The van der Waals surface area contributed by atoms with Crippen LogP contribution in [0.5, 0.6) is 0 Å². The molecule has 0 aliphatic rings. The molecule has 25 heavy (non-hydrogen) atoms. The fourth-order valence-corrected chi connectivity index (χ4v) is 7.26. The summed E-state index contributed by atoms with van der Waals surface area (Å²) in [5.41, 5.74) is 1.28. The molecule has 0 fully saturated rings. The van der Waals surface area contributed by atoms with Gasteiger partial charge in [0, 0.05) is 26.4 Å². The Bertz CT molecular complexity index is 214. The van der Waals surface area contributed by atoms with Crippen molar-refractivity contribution in [3.63, 3.8) is 0 Å². The van der Waals surface area contributed by atoms with Crippen molar-refractivity contribution in [2.45, 2.75) is 96.6 Å². The number of unbranched alkanes of at least 4 members (excludes halogenated alkanes) is 4. The molecule has 0 rings (SSSR count). The van der Waals surface area contributed by atoms with Crippen molar-refractivity contribution in [1.29, 1.82) is 0 Å². The topological polar surface area (TPSA) is 36.9 Å². The molecular formula is C19H44O4Si2. The van der Waals surface area contributed by atoms with Crippen LogP contribution < -0.4 is 0 Å². The first-order valence-corrected chi connectivity index (χ1v) is 14.4. The summed E-state index contributed by atoms with van der Waals surface area (Å²) >= 11 is 0. The van der Waals surface area contributed by atoms with Crippen molar-refractivity contribution in [2.24, 2.45) is 0 Å². The highest BCUT2D eigenvalue weighted by molar-refractivity contribution is 6.56. The maximum absolute atomic E-state index is 5.99.